The molecule has 2 rings (SSSR count). The molecule has 1 aromatic rings. The van der Waals surface area contributed by atoms with Gasteiger partial charge in [0.05, 0.1) is 13.2 Å². The Balaban J connectivity index is 1.91. The van der Waals surface area contributed by atoms with Gasteiger partial charge in [-0.25, -0.2) is 8.78 Å². The maximum atomic E-state index is 13.0. The van der Waals surface area contributed by atoms with Gasteiger partial charge in [0.15, 0.2) is 0 Å². The summed E-state index contributed by atoms with van der Waals surface area (Å²) in [4.78, 5) is 0.188. The molecule has 3 unspecified atom stereocenters. The second kappa shape index (κ2) is 6.63. The van der Waals surface area contributed by atoms with Crippen LogP contribution in [-0.4, -0.2) is 37.4 Å². The summed E-state index contributed by atoms with van der Waals surface area (Å²) in [7, 11) is 1.60. The Morgan fingerprint density at radius 2 is 1.89 bits per heavy atom. The predicted molar refractivity (Wildman–Crippen MR) is 69.7 cm³/mol. The fraction of sp³-hybridized carbons (Fsp3) is 0.538. The third-order valence-electron chi connectivity index (χ3n) is 2.90. The summed E-state index contributed by atoms with van der Waals surface area (Å²) in [6.07, 6.45) is 0.388. The fourth-order valence-corrected chi connectivity index (χ4v) is 2.75. The molecule has 0 amide bonds. The van der Waals surface area contributed by atoms with Gasteiger partial charge < -0.3 is 14.2 Å². The van der Waals surface area contributed by atoms with Gasteiger partial charge in [0.2, 0.25) is 0 Å². The molecule has 3 atom stereocenters. The molecule has 1 aromatic carbocycles. The Hall–Kier alpha value is -0.720. The van der Waals surface area contributed by atoms with Crippen LogP contribution in [0.2, 0.25) is 0 Å². The Morgan fingerprint density at radius 3 is 2.47 bits per heavy atom. The zero-order valence-electron chi connectivity index (χ0n) is 10.4. The zero-order chi connectivity index (χ0) is 13.8. The molecule has 1 saturated carbocycles. The molecule has 0 aromatic heterocycles. The molecule has 0 radical (unpaired) electrons. The van der Waals surface area contributed by atoms with Gasteiger partial charge in [-0.3, -0.25) is 0 Å². The van der Waals surface area contributed by atoms with Gasteiger partial charge in [-0.05, 0) is 0 Å². The molecule has 0 spiro atoms. The number of benzene rings is 1. The molecule has 0 heterocycles. The van der Waals surface area contributed by atoms with Crippen molar-refractivity contribution in [2.45, 2.75) is 23.5 Å². The molecular weight excluding hydrogens is 322 g/mol. The first-order chi connectivity index (χ1) is 9.10. The summed E-state index contributed by atoms with van der Waals surface area (Å²) in [6, 6.07) is 3.14. The molecule has 6 heteroatoms. The van der Waals surface area contributed by atoms with E-state index in [1.54, 1.807) is 7.11 Å². The average molecular weight is 337 g/mol. The van der Waals surface area contributed by atoms with Crippen molar-refractivity contribution < 1.29 is 23.0 Å². The molecule has 1 aliphatic carbocycles. The average Bonchev–Trinajstić information content (AvgIpc) is 2.33. The van der Waals surface area contributed by atoms with Crippen LogP contribution in [0.4, 0.5) is 8.78 Å². The number of rotatable bonds is 6. The van der Waals surface area contributed by atoms with Crippen LogP contribution in [0.15, 0.2) is 18.2 Å². The molecule has 19 heavy (non-hydrogen) atoms. The van der Waals surface area contributed by atoms with E-state index in [9.17, 15) is 8.78 Å². The molecule has 0 saturated heterocycles. The highest BCUT2D eigenvalue weighted by atomic mass is 79.9. The highest BCUT2D eigenvalue weighted by molar-refractivity contribution is 9.09. The standard InChI is InChI=1S/C13H15BrF2O3/c1-17-2-3-18-13-11(14)7-12(13)19-10-5-8(15)4-9(16)6-10/h4-6,11-13H,2-3,7H2,1H3. The lowest BCUT2D eigenvalue weighted by Crippen LogP contribution is -2.52. The Morgan fingerprint density at radius 1 is 1.21 bits per heavy atom. The molecule has 0 N–H and O–H groups in total. The largest absolute Gasteiger partial charge is 0.487 e. The molecule has 0 aliphatic heterocycles. The lowest BCUT2D eigenvalue weighted by molar-refractivity contribution is -0.0866. The molecule has 1 aliphatic rings. The lowest BCUT2D eigenvalue weighted by atomic mass is 9.91. The second-order valence-corrected chi connectivity index (χ2v) is 5.52. The van der Waals surface area contributed by atoms with E-state index >= 15 is 0 Å². The van der Waals surface area contributed by atoms with Crippen LogP contribution >= 0.6 is 15.9 Å². The van der Waals surface area contributed by atoms with Crippen molar-refractivity contribution in [2.75, 3.05) is 20.3 Å². The van der Waals surface area contributed by atoms with Crippen molar-refractivity contribution in [3.8, 4) is 5.75 Å². The van der Waals surface area contributed by atoms with Crippen molar-refractivity contribution in [1.82, 2.24) is 0 Å². The number of halogens is 3. The summed E-state index contributed by atoms with van der Waals surface area (Å²) in [5.41, 5.74) is 0. The summed E-state index contributed by atoms with van der Waals surface area (Å²) < 4.78 is 42.1. The van der Waals surface area contributed by atoms with Crippen molar-refractivity contribution in [1.29, 1.82) is 0 Å². The Bertz CT molecular complexity index is 410. The van der Waals surface area contributed by atoms with Gasteiger partial charge in [0, 0.05) is 36.6 Å². The van der Waals surface area contributed by atoms with Crippen molar-refractivity contribution in [3.05, 3.63) is 29.8 Å². The number of methoxy groups -OCH3 is 1. The van der Waals surface area contributed by atoms with E-state index < -0.39 is 11.6 Å². The molecular formula is C13H15BrF2O3. The summed E-state index contributed by atoms with van der Waals surface area (Å²) in [6.45, 7) is 0.957. The molecule has 3 nitrogen and oxygen atoms in total. The summed E-state index contributed by atoms with van der Waals surface area (Å²) >= 11 is 3.47. The van der Waals surface area contributed by atoms with E-state index in [1.807, 2.05) is 0 Å². The van der Waals surface area contributed by atoms with Crippen LogP contribution in [0, 0.1) is 11.6 Å². The first kappa shape index (κ1) is 14.7. The smallest absolute Gasteiger partial charge is 0.129 e. The number of alkyl halides is 1. The van der Waals surface area contributed by atoms with E-state index in [4.69, 9.17) is 14.2 Å². The van der Waals surface area contributed by atoms with Crippen LogP contribution in [0.1, 0.15) is 6.42 Å². The highest BCUT2D eigenvalue weighted by Gasteiger charge is 2.42. The van der Waals surface area contributed by atoms with Crippen molar-refractivity contribution in [2.24, 2.45) is 0 Å². The van der Waals surface area contributed by atoms with Gasteiger partial charge in [-0.2, -0.15) is 0 Å². The number of hydrogen-bond acceptors (Lipinski definition) is 3. The van der Waals surface area contributed by atoms with Gasteiger partial charge in [-0.1, -0.05) is 15.9 Å². The minimum absolute atomic E-state index is 0.138. The topological polar surface area (TPSA) is 27.7 Å². The first-order valence-corrected chi connectivity index (χ1v) is 6.89. The Kier molecular flexibility index (Phi) is 5.13. The van der Waals surface area contributed by atoms with E-state index in [-0.39, 0.29) is 22.8 Å². The van der Waals surface area contributed by atoms with Crippen molar-refractivity contribution in [3.63, 3.8) is 0 Å². The van der Waals surface area contributed by atoms with Gasteiger partial charge in [-0.15, -0.1) is 0 Å². The number of ether oxygens (including phenoxy) is 3. The van der Waals surface area contributed by atoms with Gasteiger partial charge >= 0.3 is 0 Å². The van der Waals surface area contributed by atoms with E-state index in [2.05, 4.69) is 15.9 Å². The van der Waals surface area contributed by atoms with E-state index in [0.717, 1.165) is 24.6 Å². The summed E-state index contributed by atoms with van der Waals surface area (Å²) in [5, 5.41) is 0. The molecule has 106 valence electrons. The highest BCUT2D eigenvalue weighted by Crippen LogP contribution is 2.34. The fourth-order valence-electron chi connectivity index (χ4n) is 1.89. The van der Waals surface area contributed by atoms with Crippen LogP contribution in [0.5, 0.6) is 5.75 Å². The maximum Gasteiger partial charge on any atom is 0.129 e. The normalized spacial score (nSPS) is 26.0. The summed E-state index contributed by atoms with van der Waals surface area (Å²) in [5.74, 6) is -1.12. The minimum atomic E-state index is -0.651. The van der Waals surface area contributed by atoms with Crippen LogP contribution in [-0.2, 0) is 9.47 Å². The van der Waals surface area contributed by atoms with E-state index in [1.165, 1.54) is 0 Å². The predicted octanol–water partition coefficient (Wildman–Crippen LogP) is 2.91. The monoisotopic (exact) mass is 336 g/mol. The maximum absolute atomic E-state index is 13.0. The van der Waals surface area contributed by atoms with Crippen molar-refractivity contribution >= 4 is 15.9 Å². The van der Waals surface area contributed by atoms with Crippen LogP contribution < -0.4 is 4.74 Å². The first-order valence-electron chi connectivity index (χ1n) is 5.97. The van der Waals surface area contributed by atoms with Crippen LogP contribution in [0.3, 0.4) is 0 Å². The number of hydrogen-bond donors (Lipinski definition) is 0. The SMILES string of the molecule is COCCOC1C(Br)CC1Oc1cc(F)cc(F)c1. The minimum Gasteiger partial charge on any atom is -0.487 e. The van der Waals surface area contributed by atoms with Gasteiger partial charge in [0.1, 0.15) is 29.6 Å². The lowest BCUT2D eigenvalue weighted by Gasteiger charge is -2.40. The third-order valence-corrected chi connectivity index (χ3v) is 3.80. The second-order valence-electron chi connectivity index (χ2n) is 4.34. The third kappa shape index (κ3) is 3.87. The molecule has 0 bridgehead atoms. The zero-order valence-corrected chi connectivity index (χ0v) is 12.0. The molecule has 1 fully saturated rings. The Labute approximate surface area is 119 Å². The van der Waals surface area contributed by atoms with Crippen LogP contribution in [0.25, 0.3) is 0 Å². The van der Waals surface area contributed by atoms with Gasteiger partial charge in [0.25, 0.3) is 0 Å². The quantitative estimate of drug-likeness (QED) is 0.590. The van der Waals surface area contributed by atoms with E-state index in [0.29, 0.717) is 13.2 Å².